The first-order valence-electron chi connectivity index (χ1n) is 6.25. The number of nitrogen functional groups attached to an aromatic ring is 1. The largest absolute Gasteiger partial charge is 0.515 e. The van der Waals surface area contributed by atoms with E-state index in [-0.39, 0.29) is 22.8 Å². The minimum absolute atomic E-state index is 0.0300. The van der Waals surface area contributed by atoms with Crippen molar-refractivity contribution in [3.8, 4) is 5.75 Å². The fourth-order valence-corrected chi connectivity index (χ4v) is 1.77. The van der Waals surface area contributed by atoms with Crippen molar-refractivity contribution in [2.75, 3.05) is 5.73 Å². The normalized spacial score (nSPS) is 12.3. The van der Waals surface area contributed by atoms with Gasteiger partial charge in [-0.25, -0.2) is 0 Å². The predicted molar refractivity (Wildman–Crippen MR) is 81.3 cm³/mol. The molecule has 0 aliphatic heterocycles. The lowest BCUT2D eigenvalue weighted by Gasteiger charge is -2.12. The molecule has 0 spiro atoms. The van der Waals surface area contributed by atoms with Crippen LogP contribution in [0.15, 0.2) is 47.8 Å². The zero-order valence-corrected chi connectivity index (χ0v) is 11.7. The first-order valence-corrected chi connectivity index (χ1v) is 6.25. The summed E-state index contributed by atoms with van der Waals surface area (Å²) in [7, 11) is 0. The van der Waals surface area contributed by atoms with Gasteiger partial charge in [0.05, 0.1) is 11.9 Å². The maximum atomic E-state index is 11.5. The molecule has 0 radical (unpaired) electrons. The van der Waals surface area contributed by atoms with Crippen LogP contribution in [-0.4, -0.2) is 16.0 Å². The molecule has 0 amide bonds. The van der Waals surface area contributed by atoms with Crippen molar-refractivity contribution in [3.63, 3.8) is 0 Å². The van der Waals surface area contributed by atoms with Crippen LogP contribution in [-0.2, 0) is 4.79 Å². The first-order chi connectivity index (χ1) is 9.42. The summed E-state index contributed by atoms with van der Waals surface area (Å²) in [5.41, 5.74) is 7.96. The standard InChI is InChI=1S/C16H19NO3/c1-4-12(9-18)14(10(2)11(3)19)8-13-6-5-7-15(20)16(13)17/h5-9,18,20H,2,4,17H2,1,3H3. The lowest BCUT2D eigenvalue weighted by molar-refractivity contribution is -0.113. The van der Waals surface area contributed by atoms with Gasteiger partial charge in [-0.2, -0.15) is 0 Å². The first kappa shape index (κ1) is 15.6. The summed E-state index contributed by atoms with van der Waals surface area (Å²) < 4.78 is 0. The molecule has 0 aliphatic rings. The second-order valence-electron chi connectivity index (χ2n) is 4.38. The Morgan fingerprint density at radius 3 is 2.60 bits per heavy atom. The second kappa shape index (κ2) is 6.61. The lowest BCUT2D eigenvalue weighted by atomic mass is 9.93. The summed E-state index contributed by atoms with van der Waals surface area (Å²) in [5.74, 6) is -0.222. The number of nitrogens with two attached hydrogens (primary N) is 1. The van der Waals surface area contributed by atoms with E-state index >= 15 is 0 Å². The molecule has 0 heterocycles. The minimum atomic E-state index is -0.192. The number of anilines is 1. The number of aromatic hydroxyl groups is 1. The van der Waals surface area contributed by atoms with Crippen LogP contribution in [0.2, 0.25) is 0 Å². The molecule has 1 aromatic carbocycles. The Balaban J connectivity index is 3.44. The van der Waals surface area contributed by atoms with Crippen LogP contribution in [0.25, 0.3) is 6.08 Å². The van der Waals surface area contributed by atoms with Gasteiger partial charge in [-0.3, -0.25) is 4.79 Å². The van der Waals surface area contributed by atoms with E-state index in [1.165, 1.54) is 13.0 Å². The SMILES string of the molecule is C=C(C(C)=O)C(=Cc1cccc(O)c1N)C(=CO)CC. The molecular formula is C16H19NO3. The van der Waals surface area contributed by atoms with Gasteiger partial charge in [0.1, 0.15) is 5.75 Å². The molecule has 106 valence electrons. The highest BCUT2D eigenvalue weighted by Crippen LogP contribution is 2.30. The fraction of sp³-hybridized carbons (Fsp3) is 0.188. The molecule has 0 saturated heterocycles. The summed E-state index contributed by atoms with van der Waals surface area (Å²) in [4.78, 5) is 11.5. The van der Waals surface area contributed by atoms with Gasteiger partial charge in [-0.1, -0.05) is 25.6 Å². The Morgan fingerprint density at radius 2 is 2.10 bits per heavy atom. The number of phenolic OH excluding ortho intramolecular Hbond substituents is 1. The Bertz CT molecular complexity index is 594. The molecule has 0 bridgehead atoms. The molecule has 0 saturated carbocycles. The average Bonchev–Trinajstić information content (AvgIpc) is 2.42. The van der Waals surface area contributed by atoms with Gasteiger partial charge in [-0.15, -0.1) is 0 Å². The summed E-state index contributed by atoms with van der Waals surface area (Å²) in [6.45, 7) is 7.01. The Kier molecular flexibility index (Phi) is 5.15. The molecule has 0 unspecified atom stereocenters. The van der Waals surface area contributed by atoms with Crippen molar-refractivity contribution in [1.29, 1.82) is 0 Å². The van der Waals surface area contributed by atoms with Crippen LogP contribution in [0.5, 0.6) is 5.75 Å². The van der Waals surface area contributed by atoms with Gasteiger partial charge >= 0.3 is 0 Å². The predicted octanol–water partition coefficient (Wildman–Crippen LogP) is 3.35. The number of para-hydroxylation sites is 1. The maximum absolute atomic E-state index is 11.5. The van der Waals surface area contributed by atoms with E-state index in [0.717, 1.165) is 6.26 Å². The molecule has 0 aliphatic carbocycles. The number of Topliss-reactive ketones (excluding diaryl/α,β-unsaturated/α-hetero) is 1. The molecule has 20 heavy (non-hydrogen) atoms. The van der Waals surface area contributed by atoms with E-state index < -0.39 is 0 Å². The van der Waals surface area contributed by atoms with Gasteiger partial charge in [0, 0.05) is 11.1 Å². The highest BCUT2D eigenvalue weighted by Gasteiger charge is 2.13. The third-order valence-corrected chi connectivity index (χ3v) is 3.05. The maximum Gasteiger partial charge on any atom is 0.159 e. The van der Waals surface area contributed by atoms with Gasteiger partial charge in [0.2, 0.25) is 0 Å². The Morgan fingerprint density at radius 1 is 1.45 bits per heavy atom. The summed E-state index contributed by atoms with van der Waals surface area (Å²) in [6, 6.07) is 4.85. The number of rotatable bonds is 5. The molecule has 0 atom stereocenters. The van der Waals surface area contributed by atoms with Crippen LogP contribution in [0.4, 0.5) is 5.69 Å². The number of ketones is 1. The van der Waals surface area contributed by atoms with Crippen LogP contribution >= 0.6 is 0 Å². The van der Waals surface area contributed by atoms with Crippen molar-refractivity contribution in [2.45, 2.75) is 20.3 Å². The molecule has 1 aromatic rings. The smallest absolute Gasteiger partial charge is 0.159 e. The highest BCUT2D eigenvalue weighted by atomic mass is 16.3. The molecule has 1 rings (SSSR count). The lowest BCUT2D eigenvalue weighted by Crippen LogP contribution is -2.02. The van der Waals surface area contributed by atoms with Crippen LogP contribution in [0.3, 0.4) is 0 Å². The second-order valence-corrected chi connectivity index (χ2v) is 4.38. The number of benzene rings is 1. The monoisotopic (exact) mass is 273 g/mol. The number of carbonyl (C=O) groups is 1. The Labute approximate surface area is 118 Å². The number of hydrogen-bond acceptors (Lipinski definition) is 4. The van der Waals surface area contributed by atoms with Crippen LogP contribution in [0.1, 0.15) is 25.8 Å². The number of hydrogen-bond donors (Lipinski definition) is 3. The van der Waals surface area contributed by atoms with E-state index in [1.807, 2.05) is 6.92 Å². The zero-order valence-electron chi connectivity index (χ0n) is 11.7. The van der Waals surface area contributed by atoms with Crippen molar-refractivity contribution in [2.24, 2.45) is 0 Å². The number of aliphatic hydroxyl groups excluding tert-OH is 1. The third-order valence-electron chi connectivity index (χ3n) is 3.05. The fourth-order valence-electron chi connectivity index (χ4n) is 1.77. The minimum Gasteiger partial charge on any atom is -0.515 e. The molecule has 0 aromatic heterocycles. The average molecular weight is 273 g/mol. The molecule has 4 nitrogen and oxygen atoms in total. The van der Waals surface area contributed by atoms with Gasteiger partial charge in [0.15, 0.2) is 5.78 Å². The number of carbonyl (C=O) groups excluding carboxylic acids is 1. The number of phenols is 1. The number of allylic oxidation sites excluding steroid dienone is 3. The van der Waals surface area contributed by atoms with Crippen LogP contribution < -0.4 is 5.73 Å². The Hall–Kier alpha value is -2.49. The van der Waals surface area contributed by atoms with Gasteiger partial charge in [-0.05, 0) is 36.6 Å². The quantitative estimate of drug-likeness (QED) is 0.252. The van der Waals surface area contributed by atoms with Crippen molar-refractivity contribution in [1.82, 2.24) is 0 Å². The molecule has 4 heteroatoms. The zero-order chi connectivity index (χ0) is 15.3. The summed E-state index contributed by atoms with van der Waals surface area (Å²) in [6.07, 6.45) is 3.14. The summed E-state index contributed by atoms with van der Waals surface area (Å²) >= 11 is 0. The molecule has 4 N–H and O–H groups in total. The number of aliphatic hydroxyl groups is 1. The van der Waals surface area contributed by atoms with Gasteiger partial charge in [0.25, 0.3) is 0 Å². The van der Waals surface area contributed by atoms with Crippen molar-refractivity contribution >= 4 is 17.5 Å². The van der Waals surface area contributed by atoms with Crippen molar-refractivity contribution in [3.05, 3.63) is 53.3 Å². The van der Waals surface area contributed by atoms with Crippen LogP contribution in [0, 0.1) is 0 Å². The summed E-state index contributed by atoms with van der Waals surface area (Å²) in [5, 5.41) is 18.9. The van der Waals surface area contributed by atoms with Gasteiger partial charge < -0.3 is 15.9 Å². The third kappa shape index (κ3) is 3.29. The van der Waals surface area contributed by atoms with E-state index in [2.05, 4.69) is 6.58 Å². The van der Waals surface area contributed by atoms with Crippen molar-refractivity contribution < 1.29 is 15.0 Å². The topological polar surface area (TPSA) is 83.5 Å². The highest BCUT2D eigenvalue weighted by molar-refractivity contribution is 6.00. The van der Waals surface area contributed by atoms with E-state index in [1.54, 1.807) is 18.2 Å². The molecule has 0 fully saturated rings. The molecular weight excluding hydrogens is 254 g/mol. The van der Waals surface area contributed by atoms with E-state index in [9.17, 15) is 15.0 Å². The van der Waals surface area contributed by atoms with E-state index in [0.29, 0.717) is 23.1 Å². The van der Waals surface area contributed by atoms with E-state index in [4.69, 9.17) is 5.73 Å².